The maximum atomic E-state index is 13.8. The van der Waals surface area contributed by atoms with Crippen molar-refractivity contribution < 1.29 is 18.3 Å². The Morgan fingerprint density at radius 1 is 1.00 bits per heavy atom. The van der Waals surface area contributed by atoms with Crippen LogP contribution in [-0.4, -0.2) is 14.2 Å². The highest BCUT2D eigenvalue weighted by atomic mass is 19.2. The fourth-order valence-electron chi connectivity index (χ4n) is 2.01. The molecule has 0 amide bonds. The Hall–Kier alpha value is -2.14. The van der Waals surface area contributed by atoms with Gasteiger partial charge in [0.15, 0.2) is 11.6 Å². The SMILES string of the molecule is COc1ccc(OC)c(C(N)c2cccc(F)c2F)c1. The Kier molecular flexibility index (Phi) is 4.20. The summed E-state index contributed by atoms with van der Waals surface area (Å²) in [5, 5.41) is 0. The van der Waals surface area contributed by atoms with E-state index in [4.69, 9.17) is 15.2 Å². The van der Waals surface area contributed by atoms with Crippen LogP contribution in [0.3, 0.4) is 0 Å². The fraction of sp³-hybridized carbons (Fsp3) is 0.200. The average Bonchev–Trinajstić information content (AvgIpc) is 2.48. The molecule has 0 saturated carbocycles. The highest BCUT2D eigenvalue weighted by Crippen LogP contribution is 2.32. The van der Waals surface area contributed by atoms with Crippen LogP contribution in [0, 0.1) is 11.6 Å². The summed E-state index contributed by atoms with van der Waals surface area (Å²) in [5.41, 5.74) is 6.63. The lowest BCUT2D eigenvalue weighted by Gasteiger charge is -2.17. The van der Waals surface area contributed by atoms with E-state index >= 15 is 0 Å². The highest BCUT2D eigenvalue weighted by molar-refractivity contribution is 5.46. The topological polar surface area (TPSA) is 44.5 Å². The number of hydrogen-bond donors (Lipinski definition) is 1. The Morgan fingerprint density at radius 3 is 2.40 bits per heavy atom. The lowest BCUT2D eigenvalue weighted by molar-refractivity contribution is 0.396. The van der Waals surface area contributed by atoms with Crippen LogP contribution in [0.2, 0.25) is 0 Å². The zero-order valence-corrected chi connectivity index (χ0v) is 11.2. The van der Waals surface area contributed by atoms with E-state index in [2.05, 4.69) is 0 Å². The van der Waals surface area contributed by atoms with Crippen molar-refractivity contribution in [1.82, 2.24) is 0 Å². The first-order valence-electron chi connectivity index (χ1n) is 6.00. The lowest BCUT2D eigenvalue weighted by atomic mass is 9.98. The Morgan fingerprint density at radius 2 is 1.75 bits per heavy atom. The van der Waals surface area contributed by atoms with Crippen molar-refractivity contribution in [2.24, 2.45) is 5.73 Å². The van der Waals surface area contributed by atoms with E-state index in [1.807, 2.05) is 0 Å². The predicted octanol–water partition coefficient (Wildman–Crippen LogP) is 3.03. The van der Waals surface area contributed by atoms with Crippen LogP contribution >= 0.6 is 0 Å². The van der Waals surface area contributed by atoms with Crippen LogP contribution in [0.25, 0.3) is 0 Å². The number of ether oxygens (including phenoxy) is 2. The minimum Gasteiger partial charge on any atom is -0.497 e. The number of hydrogen-bond acceptors (Lipinski definition) is 3. The van der Waals surface area contributed by atoms with Crippen LogP contribution < -0.4 is 15.2 Å². The summed E-state index contributed by atoms with van der Waals surface area (Å²) >= 11 is 0. The van der Waals surface area contributed by atoms with E-state index in [0.717, 1.165) is 6.07 Å². The second-order valence-corrected chi connectivity index (χ2v) is 4.23. The van der Waals surface area contributed by atoms with E-state index in [0.29, 0.717) is 17.1 Å². The summed E-state index contributed by atoms with van der Waals surface area (Å²) in [7, 11) is 3.00. The third-order valence-electron chi connectivity index (χ3n) is 3.09. The van der Waals surface area contributed by atoms with Crippen molar-refractivity contribution in [3.8, 4) is 11.5 Å². The van der Waals surface area contributed by atoms with Crippen molar-refractivity contribution in [2.45, 2.75) is 6.04 Å². The molecule has 0 spiro atoms. The van der Waals surface area contributed by atoms with Gasteiger partial charge in [-0.1, -0.05) is 12.1 Å². The maximum absolute atomic E-state index is 13.8. The second-order valence-electron chi connectivity index (χ2n) is 4.23. The third kappa shape index (κ3) is 2.58. The first-order chi connectivity index (χ1) is 9.58. The number of methoxy groups -OCH3 is 2. The molecule has 0 aliphatic rings. The van der Waals surface area contributed by atoms with Gasteiger partial charge in [-0.25, -0.2) is 8.78 Å². The van der Waals surface area contributed by atoms with Gasteiger partial charge >= 0.3 is 0 Å². The van der Waals surface area contributed by atoms with Gasteiger partial charge in [0.05, 0.1) is 20.3 Å². The molecule has 2 aromatic carbocycles. The summed E-state index contributed by atoms with van der Waals surface area (Å²) in [6.45, 7) is 0. The fourth-order valence-corrected chi connectivity index (χ4v) is 2.01. The molecule has 0 heterocycles. The zero-order chi connectivity index (χ0) is 14.7. The monoisotopic (exact) mass is 279 g/mol. The van der Waals surface area contributed by atoms with Crippen LogP contribution in [0.5, 0.6) is 11.5 Å². The molecule has 106 valence electrons. The van der Waals surface area contributed by atoms with Gasteiger partial charge in [0.2, 0.25) is 0 Å². The van der Waals surface area contributed by atoms with Gasteiger partial charge < -0.3 is 15.2 Å². The highest BCUT2D eigenvalue weighted by Gasteiger charge is 2.20. The summed E-state index contributed by atoms with van der Waals surface area (Å²) in [4.78, 5) is 0. The molecule has 0 radical (unpaired) electrons. The van der Waals surface area contributed by atoms with E-state index in [1.54, 1.807) is 18.2 Å². The van der Waals surface area contributed by atoms with Crippen LogP contribution in [0.4, 0.5) is 8.78 Å². The molecule has 3 nitrogen and oxygen atoms in total. The average molecular weight is 279 g/mol. The minimum absolute atomic E-state index is 0.0663. The zero-order valence-electron chi connectivity index (χ0n) is 11.2. The van der Waals surface area contributed by atoms with Gasteiger partial charge in [0, 0.05) is 11.1 Å². The lowest BCUT2D eigenvalue weighted by Crippen LogP contribution is -2.15. The molecule has 1 atom stereocenters. The second kappa shape index (κ2) is 5.88. The summed E-state index contributed by atoms with van der Waals surface area (Å²) in [5.74, 6) is -0.834. The van der Waals surface area contributed by atoms with Gasteiger partial charge in [0.25, 0.3) is 0 Å². The van der Waals surface area contributed by atoms with Crippen molar-refractivity contribution in [3.63, 3.8) is 0 Å². The molecule has 20 heavy (non-hydrogen) atoms. The van der Waals surface area contributed by atoms with Gasteiger partial charge in [-0.3, -0.25) is 0 Å². The van der Waals surface area contributed by atoms with Crippen molar-refractivity contribution in [1.29, 1.82) is 0 Å². The normalized spacial score (nSPS) is 12.1. The standard InChI is InChI=1S/C15H15F2NO2/c1-19-9-6-7-13(20-2)11(8-9)15(18)10-4-3-5-12(16)14(10)17/h3-8,15H,18H2,1-2H3. The number of benzene rings is 2. The van der Waals surface area contributed by atoms with E-state index in [1.165, 1.54) is 26.4 Å². The van der Waals surface area contributed by atoms with E-state index in [-0.39, 0.29) is 5.56 Å². The van der Waals surface area contributed by atoms with Gasteiger partial charge in [-0.2, -0.15) is 0 Å². The molecule has 0 fully saturated rings. The van der Waals surface area contributed by atoms with Crippen molar-refractivity contribution in [2.75, 3.05) is 14.2 Å². The summed E-state index contributed by atoms with van der Waals surface area (Å²) in [6.07, 6.45) is 0. The van der Waals surface area contributed by atoms with Crippen LogP contribution in [0.1, 0.15) is 17.2 Å². The molecular formula is C15H15F2NO2. The smallest absolute Gasteiger partial charge is 0.163 e. The maximum Gasteiger partial charge on any atom is 0.163 e. The largest absolute Gasteiger partial charge is 0.497 e. The third-order valence-corrected chi connectivity index (χ3v) is 3.09. The summed E-state index contributed by atoms with van der Waals surface area (Å²) < 4.78 is 37.4. The molecule has 0 saturated heterocycles. The molecule has 0 aliphatic carbocycles. The van der Waals surface area contributed by atoms with Gasteiger partial charge in [-0.05, 0) is 24.3 Å². The number of halogens is 2. The van der Waals surface area contributed by atoms with Crippen LogP contribution in [-0.2, 0) is 0 Å². The van der Waals surface area contributed by atoms with Gasteiger partial charge in [-0.15, -0.1) is 0 Å². The van der Waals surface area contributed by atoms with E-state index in [9.17, 15) is 8.78 Å². The number of nitrogens with two attached hydrogens (primary N) is 1. The Bertz CT molecular complexity index is 617. The molecule has 0 aliphatic heterocycles. The van der Waals surface area contributed by atoms with Crippen molar-refractivity contribution in [3.05, 3.63) is 59.2 Å². The molecule has 1 unspecified atom stereocenters. The Balaban J connectivity index is 2.51. The quantitative estimate of drug-likeness (QED) is 0.935. The molecule has 2 rings (SSSR count). The van der Waals surface area contributed by atoms with Gasteiger partial charge in [0.1, 0.15) is 11.5 Å². The summed E-state index contributed by atoms with van der Waals surface area (Å²) in [6, 6.07) is 8.09. The first kappa shape index (κ1) is 14.3. The first-order valence-corrected chi connectivity index (χ1v) is 6.00. The predicted molar refractivity (Wildman–Crippen MR) is 71.9 cm³/mol. The minimum atomic E-state index is -0.954. The number of rotatable bonds is 4. The molecule has 0 aromatic heterocycles. The molecule has 5 heteroatoms. The van der Waals surface area contributed by atoms with E-state index < -0.39 is 17.7 Å². The Labute approximate surface area is 115 Å². The molecular weight excluding hydrogens is 264 g/mol. The van der Waals surface area contributed by atoms with Crippen molar-refractivity contribution >= 4 is 0 Å². The van der Waals surface area contributed by atoms with Crippen LogP contribution in [0.15, 0.2) is 36.4 Å². The molecule has 2 aromatic rings. The molecule has 0 bridgehead atoms. The molecule has 2 N–H and O–H groups in total.